The fourth-order valence-corrected chi connectivity index (χ4v) is 3.69. The van der Waals surface area contributed by atoms with Crippen molar-refractivity contribution in [1.82, 2.24) is 9.13 Å². The number of primary amides is 1. The Morgan fingerprint density at radius 2 is 2.00 bits per heavy atom. The molecule has 0 atom stereocenters. The van der Waals surface area contributed by atoms with Gasteiger partial charge < -0.3 is 16.2 Å². The number of imidazole rings is 1. The maximum absolute atomic E-state index is 12.9. The number of carbonyl (C=O) groups excluding carboxylic acids is 2. The molecule has 1 aromatic heterocycles. The van der Waals surface area contributed by atoms with Crippen LogP contribution in [0.3, 0.4) is 0 Å². The molecule has 1 aromatic carbocycles. The summed E-state index contributed by atoms with van der Waals surface area (Å²) in [6.45, 7) is 4.11. The van der Waals surface area contributed by atoms with E-state index in [4.69, 9.17) is 10.8 Å². The van der Waals surface area contributed by atoms with Gasteiger partial charge in [0.05, 0.1) is 23.6 Å². The zero-order valence-electron chi connectivity index (χ0n) is 15.7. The van der Waals surface area contributed by atoms with E-state index in [-0.39, 0.29) is 35.6 Å². The van der Waals surface area contributed by atoms with E-state index in [1.165, 1.54) is 9.13 Å². The maximum atomic E-state index is 12.9. The fourth-order valence-electron chi connectivity index (χ4n) is 3.69. The van der Waals surface area contributed by atoms with Gasteiger partial charge in [0, 0.05) is 25.7 Å². The standard InChI is InChI=1S/C19H24N4O4/c1-19(2)9-14-16(15(25)10-19)22(3)18(27)23(14)11-4-5-12(17(20)26)13(8-11)21-6-7-24/h4-5,8,21,24H,6-7,9-10H2,1-3H3,(H2,20,26). The Morgan fingerprint density at radius 3 is 2.63 bits per heavy atom. The number of hydrogen-bond acceptors (Lipinski definition) is 5. The molecule has 1 heterocycles. The smallest absolute Gasteiger partial charge is 0.333 e. The van der Waals surface area contributed by atoms with Crippen molar-refractivity contribution in [2.45, 2.75) is 26.7 Å². The van der Waals surface area contributed by atoms with Crippen molar-refractivity contribution < 1.29 is 14.7 Å². The monoisotopic (exact) mass is 372 g/mol. The summed E-state index contributed by atoms with van der Waals surface area (Å²) in [6.07, 6.45) is 0.975. The highest BCUT2D eigenvalue weighted by molar-refractivity contribution is 5.99. The third-order valence-electron chi connectivity index (χ3n) is 4.86. The van der Waals surface area contributed by atoms with E-state index in [0.717, 1.165) is 0 Å². The quantitative estimate of drug-likeness (QED) is 0.718. The van der Waals surface area contributed by atoms with Crippen LogP contribution in [0.5, 0.6) is 0 Å². The molecule has 2 aromatic rings. The number of nitrogens with one attached hydrogen (secondary N) is 1. The number of nitrogens with two attached hydrogens (primary N) is 1. The topological polar surface area (TPSA) is 119 Å². The molecule has 0 spiro atoms. The zero-order valence-corrected chi connectivity index (χ0v) is 15.7. The predicted molar refractivity (Wildman–Crippen MR) is 102 cm³/mol. The summed E-state index contributed by atoms with van der Waals surface area (Å²) in [6, 6.07) is 4.82. The van der Waals surface area contributed by atoms with Gasteiger partial charge in [-0.25, -0.2) is 4.79 Å². The Kier molecular flexibility index (Phi) is 4.69. The van der Waals surface area contributed by atoms with Crippen LogP contribution in [0.15, 0.2) is 23.0 Å². The molecule has 1 aliphatic rings. The molecule has 8 nitrogen and oxygen atoms in total. The molecule has 1 aliphatic carbocycles. The van der Waals surface area contributed by atoms with E-state index in [0.29, 0.717) is 35.6 Å². The minimum atomic E-state index is -0.610. The van der Waals surface area contributed by atoms with Gasteiger partial charge in [0.1, 0.15) is 5.69 Å². The number of nitrogens with zero attached hydrogens (tertiary/aromatic N) is 2. The normalized spacial score (nSPS) is 15.5. The van der Waals surface area contributed by atoms with Gasteiger partial charge in [0.25, 0.3) is 5.91 Å². The van der Waals surface area contributed by atoms with Crippen LogP contribution < -0.4 is 16.7 Å². The molecular weight excluding hydrogens is 348 g/mol. The Hall–Kier alpha value is -2.87. The molecule has 144 valence electrons. The van der Waals surface area contributed by atoms with Gasteiger partial charge in [-0.05, 0) is 30.0 Å². The largest absolute Gasteiger partial charge is 0.395 e. The zero-order chi connectivity index (χ0) is 19.9. The number of anilines is 1. The summed E-state index contributed by atoms with van der Waals surface area (Å²) in [5.74, 6) is -0.660. The molecule has 8 heteroatoms. The number of ketones is 1. The number of benzene rings is 1. The van der Waals surface area contributed by atoms with Crippen molar-refractivity contribution in [3.63, 3.8) is 0 Å². The summed E-state index contributed by atoms with van der Waals surface area (Å²) >= 11 is 0. The number of hydrogen-bond donors (Lipinski definition) is 3. The first-order valence-corrected chi connectivity index (χ1v) is 8.79. The van der Waals surface area contributed by atoms with E-state index < -0.39 is 5.91 Å². The van der Waals surface area contributed by atoms with Crippen molar-refractivity contribution in [2.75, 3.05) is 18.5 Å². The first-order valence-electron chi connectivity index (χ1n) is 8.79. The molecule has 0 saturated heterocycles. The second-order valence-corrected chi connectivity index (χ2v) is 7.66. The van der Waals surface area contributed by atoms with E-state index in [9.17, 15) is 14.4 Å². The van der Waals surface area contributed by atoms with Crippen LogP contribution in [-0.2, 0) is 13.5 Å². The van der Waals surface area contributed by atoms with Crippen LogP contribution in [0, 0.1) is 5.41 Å². The van der Waals surface area contributed by atoms with Gasteiger partial charge in [-0.15, -0.1) is 0 Å². The Labute approximate surface area is 156 Å². The molecule has 0 bridgehead atoms. The molecular formula is C19H24N4O4. The number of aliphatic hydroxyl groups is 1. The molecule has 4 N–H and O–H groups in total. The van der Waals surface area contributed by atoms with Crippen molar-refractivity contribution >= 4 is 17.4 Å². The van der Waals surface area contributed by atoms with Crippen molar-refractivity contribution in [2.24, 2.45) is 18.2 Å². The van der Waals surface area contributed by atoms with Gasteiger partial charge >= 0.3 is 5.69 Å². The summed E-state index contributed by atoms with van der Waals surface area (Å²) in [4.78, 5) is 37.1. The van der Waals surface area contributed by atoms with Crippen molar-refractivity contribution in [3.05, 3.63) is 45.6 Å². The lowest BCUT2D eigenvalue weighted by molar-refractivity contribution is 0.0900. The van der Waals surface area contributed by atoms with E-state index in [2.05, 4.69) is 5.32 Å². The van der Waals surface area contributed by atoms with Crippen LogP contribution in [0.4, 0.5) is 5.69 Å². The molecule has 0 unspecified atom stereocenters. The third kappa shape index (κ3) is 3.28. The fraction of sp³-hybridized carbons (Fsp3) is 0.421. The van der Waals surface area contributed by atoms with Gasteiger partial charge in [-0.1, -0.05) is 13.8 Å². The van der Waals surface area contributed by atoms with E-state index in [1.54, 1.807) is 25.2 Å². The minimum Gasteiger partial charge on any atom is -0.395 e. The summed E-state index contributed by atoms with van der Waals surface area (Å²) in [5, 5.41) is 12.0. The molecule has 3 rings (SSSR count). The summed E-state index contributed by atoms with van der Waals surface area (Å²) < 4.78 is 2.90. The second-order valence-electron chi connectivity index (χ2n) is 7.66. The van der Waals surface area contributed by atoms with Crippen LogP contribution in [0.1, 0.15) is 46.8 Å². The average molecular weight is 372 g/mol. The van der Waals surface area contributed by atoms with Gasteiger partial charge in [-0.3, -0.25) is 18.7 Å². The molecule has 27 heavy (non-hydrogen) atoms. The number of aromatic nitrogens is 2. The highest BCUT2D eigenvalue weighted by atomic mass is 16.3. The van der Waals surface area contributed by atoms with Crippen LogP contribution in [0.2, 0.25) is 0 Å². The first-order chi connectivity index (χ1) is 12.7. The second kappa shape index (κ2) is 6.70. The Balaban J connectivity index is 2.21. The average Bonchev–Trinajstić information content (AvgIpc) is 2.82. The number of carbonyl (C=O) groups is 2. The highest BCUT2D eigenvalue weighted by Gasteiger charge is 2.36. The number of fused-ring (bicyclic) bond motifs is 1. The van der Waals surface area contributed by atoms with Gasteiger partial charge in [0.15, 0.2) is 5.78 Å². The number of aliphatic hydroxyl groups excluding tert-OH is 1. The first kappa shape index (κ1) is 18.9. The molecule has 0 aliphatic heterocycles. The summed E-state index contributed by atoms with van der Waals surface area (Å²) in [5.41, 5.74) is 7.19. The Morgan fingerprint density at radius 1 is 1.30 bits per heavy atom. The molecule has 0 saturated carbocycles. The number of amides is 1. The Bertz CT molecular complexity index is 984. The lowest BCUT2D eigenvalue weighted by Crippen LogP contribution is -2.29. The number of rotatable bonds is 5. The van der Waals surface area contributed by atoms with Gasteiger partial charge in [-0.2, -0.15) is 0 Å². The predicted octanol–water partition coefficient (Wildman–Crippen LogP) is 0.834. The lowest BCUT2D eigenvalue weighted by Gasteiger charge is -2.29. The maximum Gasteiger partial charge on any atom is 0.333 e. The molecule has 1 amide bonds. The van der Waals surface area contributed by atoms with Gasteiger partial charge in [0.2, 0.25) is 0 Å². The van der Waals surface area contributed by atoms with Crippen molar-refractivity contribution in [1.29, 1.82) is 0 Å². The SMILES string of the molecule is Cn1c2c(n(-c3ccc(C(N)=O)c(NCCO)c3)c1=O)CC(C)(C)CC2=O. The van der Waals surface area contributed by atoms with E-state index in [1.807, 2.05) is 13.8 Å². The van der Waals surface area contributed by atoms with Crippen LogP contribution in [-0.4, -0.2) is 39.1 Å². The van der Waals surface area contributed by atoms with Crippen LogP contribution in [0.25, 0.3) is 5.69 Å². The highest BCUT2D eigenvalue weighted by Crippen LogP contribution is 2.35. The number of Topliss-reactive ketones (excluding diaryl/α,β-unsaturated/α-hetero) is 1. The minimum absolute atomic E-state index is 0.0491. The third-order valence-corrected chi connectivity index (χ3v) is 4.86. The van der Waals surface area contributed by atoms with Crippen molar-refractivity contribution in [3.8, 4) is 5.69 Å². The molecule has 0 radical (unpaired) electrons. The lowest BCUT2D eigenvalue weighted by atomic mass is 9.77. The van der Waals surface area contributed by atoms with Crippen LogP contribution >= 0.6 is 0 Å². The summed E-state index contributed by atoms with van der Waals surface area (Å²) in [7, 11) is 1.59. The molecule has 0 fully saturated rings. The van der Waals surface area contributed by atoms with E-state index >= 15 is 0 Å².